The number of amides is 3. The quantitative estimate of drug-likeness (QED) is 0.677. The lowest BCUT2D eigenvalue weighted by molar-refractivity contribution is 0.0951. The van der Waals surface area contributed by atoms with E-state index in [4.69, 9.17) is 0 Å². The van der Waals surface area contributed by atoms with Gasteiger partial charge in [0, 0.05) is 38.1 Å². The van der Waals surface area contributed by atoms with Crippen molar-refractivity contribution in [3.05, 3.63) is 23.8 Å². The van der Waals surface area contributed by atoms with Crippen LogP contribution < -0.4 is 20.9 Å². The maximum absolute atomic E-state index is 12.4. The summed E-state index contributed by atoms with van der Waals surface area (Å²) in [5, 5.41) is 8.58. The number of unbranched alkanes of at least 4 members (excludes halogenated alkanes) is 1. The van der Waals surface area contributed by atoms with Gasteiger partial charge in [-0.1, -0.05) is 13.3 Å². The number of urea groups is 1. The number of hydrogen-bond acceptors (Lipinski definition) is 3. The second-order valence-electron chi connectivity index (χ2n) is 6.11. The molecular weight excluding hydrogens is 292 g/mol. The zero-order valence-corrected chi connectivity index (χ0v) is 14.1. The lowest BCUT2D eigenvalue weighted by Crippen LogP contribution is -2.30. The molecule has 0 aliphatic heterocycles. The van der Waals surface area contributed by atoms with Crippen LogP contribution in [0.2, 0.25) is 0 Å². The average molecular weight is 318 g/mol. The van der Waals surface area contributed by atoms with Crippen molar-refractivity contribution in [3.8, 4) is 0 Å². The van der Waals surface area contributed by atoms with E-state index < -0.39 is 0 Å². The second kappa shape index (κ2) is 7.85. The molecule has 2 rings (SSSR count). The van der Waals surface area contributed by atoms with E-state index in [1.54, 1.807) is 6.07 Å². The van der Waals surface area contributed by atoms with Crippen LogP contribution in [0.1, 0.15) is 43.0 Å². The zero-order chi connectivity index (χ0) is 16.8. The zero-order valence-electron chi connectivity index (χ0n) is 14.1. The summed E-state index contributed by atoms with van der Waals surface area (Å²) in [7, 11) is 3.79. The third-order valence-electron chi connectivity index (χ3n) is 3.71. The first-order valence-corrected chi connectivity index (χ1v) is 8.18. The Morgan fingerprint density at radius 1 is 1.26 bits per heavy atom. The SMILES string of the molecule is CCCCNC(=O)Nc1ccc(N(C)C)c(C(=O)NC2CC2)c1. The van der Waals surface area contributed by atoms with E-state index in [1.807, 2.05) is 31.1 Å². The summed E-state index contributed by atoms with van der Waals surface area (Å²) in [5.74, 6) is -0.0914. The molecule has 0 saturated heterocycles. The average Bonchev–Trinajstić information content (AvgIpc) is 3.31. The van der Waals surface area contributed by atoms with Gasteiger partial charge < -0.3 is 20.9 Å². The van der Waals surface area contributed by atoms with Crippen molar-refractivity contribution in [2.45, 2.75) is 38.6 Å². The highest BCUT2D eigenvalue weighted by molar-refractivity contribution is 6.02. The Bertz CT molecular complexity index is 568. The monoisotopic (exact) mass is 318 g/mol. The van der Waals surface area contributed by atoms with Gasteiger partial charge in [0.1, 0.15) is 0 Å². The van der Waals surface area contributed by atoms with Crippen LogP contribution in [-0.2, 0) is 0 Å². The predicted octanol–water partition coefficient (Wildman–Crippen LogP) is 2.57. The summed E-state index contributed by atoms with van der Waals surface area (Å²) >= 11 is 0. The number of carbonyl (C=O) groups excluding carboxylic acids is 2. The maximum atomic E-state index is 12.4. The Balaban J connectivity index is 2.08. The van der Waals surface area contributed by atoms with Crippen molar-refractivity contribution in [2.75, 3.05) is 30.9 Å². The smallest absolute Gasteiger partial charge is 0.319 e. The van der Waals surface area contributed by atoms with Crippen molar-refractivity contribution in [1.82, 2.24) is 10.6 Å². The summed E-state index contributed by atoms with van der Waals surface area (Å²) in [5.41, 5.74) is 2.03. The normalized spacial score (nSPS) is 13.3. The van der Waals surface area contributed by atoms with E-state index in [1.165, 1.54) is 0 Å². The van der Waals surface area contributed by atoms with E-state index in [0.717, 1.165) is 31.4 Å². The van der Waals surface area contributed by atoms with Gasteiger partial charge in [0.15, 0.2) is 0 Å². The lowest BCUT2D eigenvalue weighted by atomic mass is 10.1. The van der Waals surface area contributed by atoms with Gasteiger partial charge in [0.2, 0.25) is 0 Å². The maximum Gasteiger partial charge on any atom is 0.319 e. The van der Waals surface area contributed by atoms with Gasteiger partial charge in [-0.15, -0.1) is 0 Å². The number of carbonyl (C=O) groups is 2. The fraction of sp³-hybridized carbons (Fsp3) is 0.529. The Hall–Kier alpha value is -2.24. The van der Waals surface area contributed by atoms with Crippen LogP contribution in [-0.4, -0.2) is 38.6 Å². The Morgan fingerprint density at radius 2 is 2.00 bits per heavy atom. The molecule has 1 aliphatic carbocycles. The summed E-state index contributed by atoms with van der Waals surface area (Å²) in [6, 6.07) is 5.44. The molecule has 23 heavy (non-hydrogen) atoms. The van der Waals surface area contributed by atoms with E-state index >= 15 is 0 Å². The number of anilines is 2. The van der Waals surface area contributed by atoms with Gasteiger partial charge >= 0.3 is 6.03 Å². The molecular formula is C17H26N4O2. The minimum absolute atomic E-state index is 0.0914. The highest BCUT2D eigenvalue weighted by atomic mass is 16.2. The Kier molecular flexibility index (Phi) is 5.84. The number of benzene rings is 1. The molecule has 6 heteroatoms. The number of nitrogens with zero attached hydrogens (tertiary/aromatic N) is 1. The summed E-state index contributed by atoms with van der Waals surface area (Å²) in [6.45, 7) is 2.72. The molecule has 0 atom stereocenters. The molecule has 0 heterocycles. The fourth-order valence-corrected chi connectivity index (χ4v) is 2.23. The Morgan fingerprint density at radius 3 is 2.61 bits per heavy atom. The van der Waals surface area contributed by atoms with Crippen LogP contribution >= 0.6 is 0 Å². The molecule has 1 aromatic carbocycles. The van der Waals surface area contributed by atoms with Gasteiger partial charge in [-0.05, 0) is 37.5 Å². The van der Waals surface area contributed by atoms with E-state index in [2.05, 4.69) is 22.9 Å². The van der Waals surface area contributed by atoms with E-state index in [-0.39, 0.29) is 11.9 Å². The first-order chi connectivity index (χ1) is 11.0. The van der Waals surface area contributed by atoms with Crippen LogP contribution in [0.4, 0.5) is 16.2 Å². The van der Waals surface area contributed by atoms with Gasteiger partial charge in [-0.3, -0.25) is 4.79 Å². The van der Waals surface area contributed by atoms with Crippen molar-refractivity contribution < 1.29 is 9.59 Å². The molecule has 0 bridgehead atoms. The van der Waals surface area contributed by atoms with Crippen LogP contribution in [0, 0.1) is 0 Å². The molecule has 0 unspecified atom stereocenters. The number of hydrogen-bond donors (Lipinski definition) is 3. The Labute approximate surface area is 137 Å². The first-order valence-electron chi connectivity index (χ1n) is 8.18. The van der Waals surface area contributed by atoms with E-state index in [9.17, 15) is 9.59 Å². The first kappa shape index (κ1) is 17.1. The molecule has 3 amide bonds. The van der Waals surface area contributed by atoms with Crippen molar-refractivity contribution in [1.29, 1.82) is 0 Å². The lowest BCUT2D eigenvalue weighted by Gasteiger charge is -2.18. The topological polar surface area (TPSA) is 73.5 Å². The highest BCUT2D eigenvalue weighted by Crippen LogP contribution is 2.25. The van der Waals surface area contributed by atoms with E-state index in [0.29, 0.717) is 23.8 Å². The molecule has 1 fully saturated rings. The minimum atomic E-state index is -0.246. The summed E-state index contributed by atoms with van der Waals surface area (Å²) in [6.07, 6.45) is 4.06. The van der Waals surface area contributed by atoms with Crippen LogP contribution in [0.5, 0.6) is 0 Å². The van der Waals surface area contributed by atoms with Gasteiger partial charge in [-0.2, -0.15) is 0 Å². The minimum Gasteiger partial charge on any atom is -0.377 e. The molecule has 126 valence electrons. The molecule has 1 aromatic rings. The summed E-state index contributed by atoms with van der Waals surface area (Å²) < 4.78 is 0. The molecule has 6 nitrogen and oxygen atoms in total. The van der Waals surface area contributed by atoms with Crippen LogP contribution in [0.3, 0.4) is 0 Å². The van der Waals surface area contributed by atoms with Crippen molar-refractivity contribution in [2.24, 2.45) is 0 Å². The van der Waals surface area contributed by atoms with Gasteiger partial charge in [0.25, 0.3) is 5.91 Å². The summed E-state index contributed by atoms with van der Waals surface area (Å²) in [4.78, 5) is 26.1. The molecule has 0 aromatic heterocycles. The largest absolute Gasteiger partial charge is 0.377 e. The van der Waals surface area contributed by atoms with Crippen molar-refractivity contribution >= 4 is 23.3 Å². The molecule has 1 aliphatic rings. The molecule has 0 spiro atoms. The van der Waals surface area contributed by atoms with Gasteiger partial charge in [-0.25, -0.2) is 4.79 Å². The molecule has 0 radical (unpaired) electrons. The van der Waals surface area contributed by atoms with Crippen LogP contribution in [0.25, 0.3) is 0 Å². The standard InChI is InChI=1S/C17H26N4O2/c1-4-5-10-18-17(23)20-13-8-9-15(21(2)3)14(11-13)16(22)19-12-6-7-12/h8-9,11-12H,4-7,10H2,1-3H3,(H,19,22)(H2,18,20,23). The third kappa shape index (κ3) is 5.16. The van der Waals surface area contributed by atoms with Crippen LogP contribution in [0.15, 0.2) is 18.2 Å². The predicted molar refractivity (Wildman–Crippen MR) is 93.2 cm³/mol. The second-order valence-corrected chi connectivity index (χ2v) is 6.11. The molecule has 3 N–H and O–H groups in total. The van der Waals surface area contributed by atoms with Crippen molar-refractivity contribution in [3.63, 3.8) is 0 Å². The molecule has 1 saturated carbocycles. The number of rotatable bonds is 7. The fourth-order valence-electron chi connectivity index (χ4n) is 2.23. The third-order valence-corrected chi connectivity index (χ3v) is 3.71. The van der Waals surface area contributed by atoms with Gasteiger partial charge in [0.05, 0.1) is 5.56 Å². The highest BCUT2D eigenvalue weighted by Gasteiger charge is 2.25. The number of nitrogens with one attached hydrogen (secondary N) is 3.